The van der Waals surface area contributed by atoms with Crippen LogP contribution >= 0.6 is 0 Å². The zero-order valence-corrected chi connectivity index (χ0v) is 19.7. The zero-order valence-electron chi connectivity index (χ0n) is 19.7. The summed E-state index contributed by atoms with van der Waals surface area (Å²) in [6.45, 7) is 20.2. The average molecular weight is 389 g/mol. The van der Waals surface area contributed by atoms with E-state index in [1.807, 2.05) is 0 Å². The van der Waals surface area contributed by atoms with E-state index in [0.29, 0.717) is 0 Å². The highest BCUT2D eigenvalue weighted by molar-refractivity contribution is 5.97. The molecule has 0 fully saturated rings. The Bertz CT molecular complexity index is 1290. The summed E-state index contributed by atoms with van der Waals surface area (Å²) in [5, 5.41) is 1.25. The van der Waals surface area contributed by atoms with Crippen molar-refractivity contribution in [2.75, 3.05) is 0 Å². The number of nitrogens with zero attached hydrogens (tertiary/aromatic N) is 3. The molecule has 4 rings (SSSR count). The van der Waals surface area contributed by atoms with E-state index in [-0.39, 0.29) is 10.8 Å². The van der Waals surface area contributed by atoms with Crippen molar-refractivity contribution in [1.82, 2.24) is 9.38 Å². The molecule has 0 bridgehead atoms. The van der Waals surface area contributed by atoms with Crippen molar-refractivity contribution in [2.45, 2.75) is 73.1 Å². The minimum atomic E-state index is -0.00248. The third kappa shape index (κ3) is 2.94. The van der Waals surface area contributed by atoms with Gasteiger partial charge in [0.2, 0.25) is 0 Å². The number of hydrogen-bond acceptors (Lipinski definition) is 1. The van der Waals surface area contributed by atoms with Gasteiger partial charge in [-0.2, -0.15) is 4.40 Å². The predicted molar refractivity (Wildman–Crippen MR) is 123 cm³/mol. The van der Waals surface area contributed by atoms with Crippen molar-refractivity contribution in [3.05, 3.63) is 52.3 Å². The third-order valence-corrected chi connectivity index (χ3v) is 6.24. The number of aryl methyl sites for hydroxylation is 4. The predicted octanol–water partition coefficient (Wildman–Crippen LogP) is 5.99. The molecule has 3 heterocycles. The molecule has 1 aromatic carbocycles. The molecule has 0 N–H and O–H groups in total. The maximum Gasteiger partial charge on any atom is 0.297 e. The molecule has 0 amide bonds. The van der Waals surface area contributed by atoms with Gasteiger partial charge in [0, 0.05) is 22.6 Å². The molecule has 0 spiro atoms. The smallest absolute Gasteiger partial charge is 0.252 e. The van der Waals surface area contributed by atoms with Gasteiger partial charge in [0.25, 0.3) is 5.65 Å². The van der Waals surface area contributed by atoms with E-state index in [4.69, 9.17) is 4.98 Å². The first-order valence-corrected chi connectivity index (χ1v) is 10.6. The van der Waals surface area contributed by atoms with Gasteiger partial charge in [-0.15, -0.1) is 0 Å². The highest BCUT2D eigenvalue weighted by Crippen LogP contribution is 2.34. The first kappa shape index (κ1) is 19.9. The van der Waals surface area contributed by atoms with Gasteiger partial charge in [-0.25, -0.2) is 4.57 Å². The van der Waals surface area contributed by atoms with E-state index in [1.165, 1.54) is 44.5 Å². The molecule has 0 atom stereocenters. The van der Waals surface area contributed by atoms with Crippen LogP contribution in [-0.4, -0.2) is 9.38 Å². The van der Waals surface area contributed by atoms with Crippen LogP contribution in [0.15, 0.2) is 24.3 Å². The standard InChI is InChI=1S/C26H34N3/c1-15-11-19-20(12-16(15)2)29-22(26(7,8)9)14-18-23(24(29)28(19)10)17(3)13-21(27-18)25(4,5)6/h11-14H,1-10H3/q+1. The molecule has 3 aromatic heterocycles. The third-order valence-electron chi connectivity index (χ3n) is 6.24. The summed E-state index contributed by atoms with van der Waals surface area (Å²) in [7, 11) is 2.19. The minimum Gasteiger partial charge on any atom is -0.252 e. The summed E-state index contributed by atoms with van der Waals surface area (Å²) in [6, 6.07) is 9.25. The lowest BCUT2D eigenvalue weighted by atomic mass is 9.88. The van der Waals surface area contributed by atoms with Gasteiger partial charge in [-0.1, -0.05) is 41.5 Å². The molecule has 3 nitrogen and oxygen atoms in total. The molecule has 0 unspecified atom stereocenters. The summed E-state index contributed by atoms with van der Waals surface area (Å²) in [5.74, 6) is 0. The van der Waals surface area contributed by atoms with Crippen molar-refractivity contribution in [3.8, 4) is 0 Å². The molecule has 0 aliphatic heterocycles. The lowest BCUT2D eigenvalue weighted by molar-refractivity contribution is -0.617. The topological polar surface area (TPSA) is 21.2 Å². The Hall–Kier alpha value is -2.42. The molecule has 29 heavy (non-hydrogen) atoms. The maximum atomic E-state index is 5.15. The number of fused-ring (bicyclic) bond motifs is 5. The van der Waals surface area contributed by atoms with Crippen molar-refractivity contribution in [2.24, 2.45) is 7.05 Å². The zero-order chi connectivity index (χ0) is 21.5. The van der Waals surface area contributed by atoms with E-state index in [2.05, 4.69) is 103 Å². The van der Waals surface area contributed by atoms with E-state index < -0.39 is 0 Å². The number of aromatic nitrogens is 3. The monoisotopic (exact) mass is 388 g/mol. The number of benzene rings is 1. The van der Waals surface area contributed by atoms with E-state index in [0.717, 1.165) is 11.2 Å². The Kier molecular flexibility index (Phi) is 4.14. The molecule has 0 radical (unpaired) electrons. The fourth-order valence-electron chi connectivity index (χ4n) is 4.36. The summed E-state index contributed by atoms with van der Waals surface area (Å²) < 4.78 is 4.82. The molecular weight excluding hydrogens is 354 g/mol. The Labute approximate surface area is 174 Å². The van der Waals surface area contributed by atoms with Crippen molar-refractivity contribution >= 4 is 27.6 Å². The Morgan fingerprint density at radius 3 is 2.00 bits per heavy atom. The Balaban J connectivity index is 2.33. The van der Waals surface area contributed by atoms with E-state index in [1.54, 1.807) is 0 Å². The molecule has 0 aliphatic rings. The van der Waals surface area contributed by atoms with Gasteiger partial charge in [-0.3, -0.25) is 4.98 Å². The number of pyridine rings is 2. The second-order valence-electron chi connectivity index (χ2n) is 10.8. The maximum absolute atomic E-state index is 5.15. The van der Waals surface area contributed by atoms with Crippen molar-refractivity contribution in [1.29, 1.82) is 0 Å². The van der Waals surface area contributed by atoms with E-state index >= 15 is 0 Å². The molecule has 0 aliphatic carbocycles. The second kappa shape index (κ2) is 6.04. The van der Waals surface area contributed by atoms with Gasteiger partial charge in [0.15, 0.2) is 11.0 Å². The first-order chi connectivity index (χ1) is 13.3. The number of imidazole rings is 1. The van der Waals surface area contributed by atoms with Gasteiger partial charge in [0.05, 0.1) is 18.0 Å². The second-order valence-corrected chi connectivity index (χ2v) is 10.8. The Morgan fingerprint density at radius 1 is 0.793 bits per heavy atom. The van der Waals surface area contributed by atoms with Crippen LogP contribution in [-0.2, 0) is 17.9 Å². The number of hydrogen-bond donors (Lipinski definition) is 0. The molecule has 4 aromatic rings. The normalized spacial score (nSPS) is 13.2. The summed E-state index contributed by atoms with van der Waals surface area (Å²) in [6.07, 6.45) is 0. The van der Waals surface area contributed by atoms with E-state index in [9.17, 15) is 0 Å². The van der Waals surface area contributed by atoms with Gasteiger partial charge < -0.3 is 0 Å². The molecule has 152 valence electrons. The quantitative estimate of drug-likeness (QED) is 0.339. The molecule has 3 heteroatoms. The minimum absolute atomic E-state index is 0.00248. The molecule has 0 saturated heterocycles. The summed E-state index contributed by atoms with van der Waals surface area (Å²) >= 11 is 0. The fourth-order valence-corrected chi connectivity index (χ4v) is 4.36. The molecule has 0 saturated carbocycles. The highest BCUT2D eigenvalue weighted by atomic mass is 15.1. The van der Waals surface area contributed by atoms with Crippen molar-refractivity contribution in [3.63, 3.8) is 0 Å². The highest BCUT2D eigenvalue weighted by Gasteiger charge is 2.31. The van der Waals surface area contributed by atoms with Crippen LogP contribution in [0.1, 0.15) is 69.6 Å². The van der Waals surface area contributed by atoms with Crippen LogP contribution in [0.3, 0.4) is 0 Å². The first-order valence-electron chi connectivity index (χ1n) is 10.6. The average Bonchev–Trinajstić information content (AvgIpc) is 2.85. The van der Waals surface area contributed by atoms with Crippen LogP contribution in [0, 0.1) is 20.8 Å². The van der Waals surface area contributed by atoms with Gasteiger partial charge >= 0.3 is 0 Å². The largest absolute Gasteiger partial charge is 0.297 e. The molecular formula is C26H34N3+. The van der Waals surface area contributed by atoms with Crippen LogP contribution in [0.4, 0.5) is 0 Å². The number of rotatable bonds is 0. The van der Waals surface area contributed by atoms with Crippen LogP contribution in [0.2, 0.25) is 0 Å². The fraction of sp³-hybridized carbons (Fsp3) is 0.462. The van der Waals surface area contributed by atoms with Gasteiger partial charge in [0.1, 0.15) is 5.69 Å². The van der Waals surface area contributed by atoms with Crippen LogP contribution in [0.25, 0.3) is 27.6 Å². The lowest BCUT2D eigenvalue weighted by Crippen LogP contribution is -2.29. The Morgan fingerprint density at radius 2 is 1.41 bits per heavy atom. The van der Waals surface area contributed by atoms with Gasteiger partial charge in [-0.05, 0) is 55.7 Å². The summed E-state index contributed by atoms with van der Waals surface area (Å²) in [5.41, 5.74) is 11.3. The van der Waals surface area contributed by atoms with Crippen LogP contribution < -0.4 is 4.57 Å². The summed E-state index contributed by atoms with van der Waals surface area (Å²) in [4.78, 5) is 5.15. The lowest BCUT2D eigenvalue weighted by Gasteiger charge is -2.21. The van der Waals surface area contributed by atoms with Crippen molar-refractivity contribution < 1.29 is 4.57 Å². The van der Waals surface area contributed by atoms with Crippen LogP contribution in [0.5, 0.6) is 0 Å². The SMILES string of the molecule is Cc1cc2c(cc1C)[n+](C)c1c3c(C)cc(C(C)(C)C)nc3cc(C(C)(C)C)n21.